The smallest absolute Gasteiger partial charge is 0.350 e. The lowest BCUT2D eigenvalue weighted by molar-refractivity contribution is -0.137. The summed E-state index contributed by atoms with van der Waals surface area (Å²) in [5.41, 5.74) is 1.20. The fourth-order valence-corrected chi connectivity index (χ4v) is 2.57. The molecular weight excluding hydrogens is 357 g/mol. The van der Waals surface area contributed by atoms with Crippen molar-refractivity contribution in [2.75, 3.05) is 18.0 Å². The Morgan fingerprint density at radius 3 is 2.07 bits per heavy atom. The van der Waals surface area contributed by atoms with E-state index in [0.29, 0.717) is 0 Å². The molecule has 144 valence electrons. The van der Waals surface area contributed by atoms with Crippen LogP contribution in [0.5, 0.6) is 0 Å². The van der Waals surface area contributed by atoms with Crippen LogP contribution in [-0.2, 0) is 17.4 Å². The Kier molecular flexibility index (Phi) is 6.60. The van der Waals surface area contributed by atoms with Crippen molar-refractivity contribution in [3.63, 3.8) is 0 Å². The van der Waals surface area contributed by atoms with Crippen molar-refractivity contribution in [3.8, 4) is 0 Å². The average molecular weight is 378 g/mol. The lowest BCUT2D eigenvalue weighted by Crippen LogP contribution is -2.37. The molecule has 0 heterocycles. The summed E-state index contributed by atoms with van der Waals surface area (Å²) in [6.07, 6.45) is -3.55. The number of amides is 2. The zero-order valence-corrected chi connectivity index (χ0v) is 15.1. The molecule has 0 saturated heterocycles. The second kappa shape index (κ2) is 8.70. The predicted molar refractivity (Wildman–Crippen MR) is 97.6 cm³/mol. The van der Waals surface area contributed by atoms with Crippen LogP contribution in [0.15, 0.2) is 48.5 Å². The molecule has 0 radical (unpaired) electrons. The number of hydrogen-bond acceptors (Lipinski definition) is 2. The fraction of sp³-hybridized carbons (Fsp3) is 0.300. The Morgan fingerprint density at radius 2 is 1.59 bits per heavy atom. The van der Waals surface area contributed by atoms with Crippen LogP contribution in [0.25, 0.3) is 0 Å². The molecule has 0 atom stereocenters. The van der Waals surface area contributed by atoms with E-state index >= 15 is 0 Å². The zero-order valence-electron chi connectivity index (χ0n) is 15.1. The number of anilines is 1. The number of hydrogen-bond donors (Lipinski definition) is 1. The maximum Gasteiger partial charge on any atom is 0.416 e. The summed E-state index contributed by atoms with van der Waals surface area (Å²) in [6.45, 7) is 3.90. The standard InChI is InChI=1S/C20H21F3N2O2/c1-3-15-4-10-18(11-5-15)25(14(2)26)13-12-24-19(27)16-6-8-17(9-7-16)20(21,22)23/h4-11H,3,12-13H2,1-2H3,(H,24,27). The van der Waals surface area contributed by atoms with Crippen LogP contribution in [0.4, 0.5) is 18.9 Å². The molecule has 2 rings (SSSR count). The van der Waals surface area contributed by atoms with Gasteiger partial charge in [-0.05, 0) is 48.4 Å². The Bertz CT molecular complexity index is 784. The molecule has 0 aromatic heterocycles. The molecule has 0 unspecified atom stereocenters. The molecule has 1 N–H and O–H groups in total. The summed E-state index contributed by atoms with van der Waals surface area (Å²) in [5, 5.41) is 2.62. The number of carbonyl (C=O) groups excluding carboxylic acids is 2. The topological polar surface area (TPSA) is 49.4 Å². The van der Waals surface area contributed by atoms with Gasteiger partial charge >= 0.3 is 6.18 Å². The van der Waals surface area contributed by atoms with Crippen LogP contribution in [0.1, 0.15) is 35.3 Å². The molecule has 0 aliphatic rings. The Morgan fingerprint density at radius 1 is 1.00 bits per heavy atom. The first-order chi connectivity index (χ1) is 12.7. The Hall–Kier alpha value is -2.83. The van der Waals surface area contributed by atoms with E-state index in [1.54, 1.807) is 0 Å². The number of rotatable bonds is 6. The molecule has 7 heteroatoms. The van der Waals surface area contributed by atoms with Crippen LogP contribution < -0.4 is 10.2 Å². The van der Waals surface area contributed by atoms with Gasteiger partial charge in [0.25, 0.3) is 5.91 Å². The van der Waals surface area contributed by atoms with Crippen LogP contribution in [0.2, 0.25) is 0 Å². The van der Waals surface area contributed by atoms with Gasteiger partial charge in [-0.25, -0.2) is 0 Å². The van der Waals surface area contributed by atoms with E-state index in [2.05, 4.69) is 5.32 Å². The zero-order chi connectivity index (χ0) is 20.0. The molecular formula is C20H21F3N2O2. The summed E-state index contributed by atoms with van der Waals surface area (Å²) < 4.78 is 37.7. The van der Waals surface area contributed by atoms with Gasteiger partial charge in [0.2, 0.25) is 5.91 Å². The third-order valence-electron chi connectivity index (χ3n) is 4.13. The molecule has 0 fully saturated rings. The molecule has 27 heavy (non-hydrogen) atoms. The molecule has 2 aromatic carbocycles. The van der Waals surface area contributed by atoms with Crippen LogP contribution in [0, 0.1) is 0 Å². The van der Waals surface area contributed by atoms with Crippen LogP contribution in [-0.4, -0.2) is 24.9 Å². The van der Waals surface area contributed by atoms with Crippen LogP contribution >= 0.6 is 0 Å². The van der Waals surface area contributed by atoms with E-state index in [0.717, 1.165) is 41.9 Å². The lowest BCUT2D eigenvalue weighted by atomic mass is 10.1. The van der Waals surface area contributed by atoms with Gasteiger partial charge in [-0.15, -0.1) is 0 Å². The number of alkyl halides is 3. The number of nitrogens with one attached hydrogen (secondary N) is 1. The van der Waals surface area contributed by atoms with Gasteiger partial charge in [0.1, 0.15) is 0 Å². The highest BCUT2D eigenvalue weighted by Crippen LogP contribution is 2.29. The third kappa shape index (κ3) is 5.57. The molecule has 0 aliphatic heterocycles. The largest absolute Gasteiger partial charge is 0.416 e. The minimum absolute atomic E-state index is 0.129. The minimum Gasteiger partial charge on any atom is -0.350 e. The molecule has 0 aliphatic carbocycles. The molecule has 2 amide bonds. The van der Waals surface area contributed by atoms with Gasteiger partial charge in [-0.2, -0.15) is 13.2 Å². The van der Waals surface area contributed by atoms with E-state index in [-0.39, 0.29) is 24.6 Å². The summed E-state index contributed by atoms with van der Waals surface area (Å²) in [7, 11) is 0. The summed E-state index contributed by atoms with van der Waals surface area (Å²) >= 11 is 0. The monoisotopic (exact) mass is 378 g/mol. The van der Waals surface area contributed by atoms with Crippen molar-refractivity contribution < 1.29 is 22.8 Å². The third-order valence-corrected chi connectivity index (χ3v) is 4.13. The normalized spacial score (nSPS) is 11.1. The Balaban J connectivity index is 1.95. The van der Waals surface area contributed by atoms with Crippen molar-refractivity contribution in [3.05, 3.63) is 65.2 Å². The molecule has 0 spiro atoms. The number of halogens is 3. The van der Waals surface area contributed by atoms with E-state index in [1.807, 2.05) is 31.2 Å². The highest BCUT2D eigenvalue weighted by atomic mass is 19.4. The lowest BCUT2D eigenvalue weighted by Gasteiger charge is -2.21. The maximum atomic E-state index is 12.6. The van der Waals surface area contributed by atoms with Gasteiger partial charge in [-0.1, -0.05) is 19.1 Å². The number of carbonyl (C=O) groups is 2. The quantitative estimate of drug-likeness (QED) is 0.824. The van der Waals surface area contributed by atoms with Gasteiger partial charge in [-0.3, -0.25) is 9.59 Å². The van der Waals surface area contributed by atoms with Gasteiger partial charge in [0.05, 0.1) is 5.56 Å². The van der Waals surface area contributed by atoms with E-state index in [1.165, 1.54) is 11.8 Å². The minimum atomic E-state index is -4.44. The predicted octanol–water partition coefficient (Wildman–Crippen LogP) is 4.05. The van der Waals surface area contributed by atoms with E-state index in [9.17, 15) is 22.8 Å². The molecule has 0 bridgehead atoms. The van der Waals surface area contributed by atoms with Crippen LogP contribution in [0.3, 0.4) is 0 Å². The average Bonchev–Trinajstić information content (AvgIpc) is 2.64. The van der Waals surface area contributed by atoms with Crippen molar-refractivity contribution in [2.24, 2.45) is 0 Å². The second-order valence-electron chi connectivity index (χ2n) is 6.02. The number of aryl methyl sites for hydroxylation is 1. The van der Waals surface area contributed by atoms with E-state index in [4.69, 9.17) is 0 Å². The maximum absolute atomic E-state index is 12.6. The fourth-order valence-electron chi connectivity index (χ4n) is 2.57. The first kappa shape index (κ1) is 20.5. The van der Waals surface area contributed by atoms with Crippen molar-refractivity contribution in [1.82, 2.24) is 5.32 Å². The first-order valence-corrected chi connectivity index (χ1v) is 8.55. The summed E-state index contributed by atoms with van der Waals surface area (Å²) in [5.74, 6) is -0.656. The van der Waals surface area contributed by atoms with Gasteiger partial charge in [0.15, 0.2) is 0 Å². The molecule has 4 nitrogen and oxygen atoms in total. The SMILES string of the molecule is CCc1ccc(N(CCNC(=O)c2ccc(C(F)(F)F)cc2)C(C)=O)cc1. The highest BCUT2D eigenvalue weighted by molar-refractivity contribution is 5.94. The summed E-state index contributed by atoms with van der Waals surface area (Å²) in [4.78, 5) is 25.5. The van der Waals surface area contributed by atoms with Crippen molar-refractivity contribution >= 4 is 17.5 Å². The number of benzene rings is 2. The Labute approximate surface area is 156 Å². The molecule has 0 saturated carbocycles. The summed E-state index contributed by atoms with van der Waals surface area (Å²) in [6, 6.07) is 11.6. The highest BCUT2D eigenvalue weighted by Gasteiger charge is 2.30. The van der Waals surface area contributed by atoms with Gasteiger partial charge < -0.3 is 10.2 Å². The van der Waals surface area contributed by atoms with Crippen molar-refractivity contribution in [1.29, 1.82) is 0 Å². The van der Waals surface area contributed by atoms with Gasteiger partial charge in [0, 0.05) is 31.3 Å². The first-order valence-electron chi connectivity index (χ1n) is 8.55. The number of nitrogens with zero attached hydrogens (tertiary/aromatic N) is 1. The molecule has 2 aromatic rings. The van der Waals surface area contributed by atoms with Crippen molar-refractivity contribution in [2.45, 2.75) is 26.4 Å². The second-order valence-corrected chi connectivity index (χ2v) is 6.02. The van der Waals surface area contributed by atoms with E-state index < -0.39 is 17.6 Å².